The quantitative estimate of drug-likeness (QED) is 0.823. The van der Waals surface area contributed by atoms with E-state index in [1.807, 2.05) is 36.4 Å². The first-order valence-corrected chi connectivity index (χ1v) is 9.61. The number of morpholine rings is 1. The van der Waals surface area contributed by atoms with Crippen molar-refractivity contribution in [2.24, 2.45) is 0 Å². The zero-order valence-corrected chi connectivity index (χ0v) is 14.3. The van der Waals surface area contributed by atoms with E-state index in [0.29, 0.717) is 39.4 Å². The first-order valence-electron chi connectivity index (χ1n) is 8.00. The zero-order valence-electron chi connectivity index (χ0n) is 13.5. The minimum atomic E-state index is -3.32. The zero-order chi connectivity index (χ0) is 16.8. The fraction of sp³-hybridized carbons (Fsp3) is 0.412. The highest BCUT2D eigenvalue weighted by atomic mass is 32.2. The summed E-state index contributed by atoms with van der Waals surface area (Å²) in [5, 5.41) is 3.29. The summed E-state index contributed by atoms with van der Waals surface area (Å²) in [6, 6.07) is 11.4. The van der Waals surface area contributed by atoms with Crippen LogP contribution in [0.4, 0.5) is 0 Å². The number of furan rings is 1. The topological polar surface area (TPSA) is 71.8 Å². The molecule has 3 rings (SSSR count). The van der Waals surface area contributed by atoms with Crippen molar-refractivity contribution in [1.82, 2.24) is 9.62 Å². The Hall–Kier alpha value is -1.67. The molecule has 0 unspecified atom stereocenters. The summed E-state index contributed by atoms with van der Waals surface area (Å²) in [5.41, 5.74) is 1.82. The average Bonchev–Trinajstić information content (AvgIpc) is 3.10. The Morgan fingerprint density at radius 3 is 2.46 bits per heavy atom. The van der Waals surface area contributed by atoms with Gasteiger partial charge in [0, 0.05) is 19.6 Å². The lowest BCUT2D eigenvalue weighted by atomic mass is 10.1. The Labute approximate surface area is 142 Å². The van der Waals surface area contributed by atoms with E-state index in [0.717, 1.165) is 16.9 Å². The number of rotatable bonds is 7. The molecule has 0 aliphatic carbocycles. The monoisotopic (exact) mass is 350 g/mol. The van der Waals surface area contributed by atoms with Gasteiger partial charge in [0.25, 0.3) is 0 Å². The molecule has 0 spiro atoms. The van der Waals surface area contributed by atoms with E-state index < -0.39 is 10.0 Å². The highest BCUT2D eigenvalue weighted by molar-refractivity contribution is 7.88. The van der Waals surface area contributed by atoms with Gasteiger partial charge in [0.05, 0.1) is 31.8 Å². The third-order valence-corrected chi connectivity index (χ3v) is 5.84. The Morgan fingerprint density at radius 1 is 1.00 bits per heavy atom. The number of nitrogens with one attached hydrogen (secondary N) is 1. The molecule has 2 aromatic rings. The highest BCUT2D eigenvalue weighted by Gasteiger charge is 2.25. The molecular formula is C17H22N2O4S. The van der Waals surface area contributed by atoms with Gasteiger partial charge >= 0.3 is 0 Å². The summed E-state index contributed by atoms with van der Waals surface area (Å²) in [6.45, 7) is 2.99. The van der Waals surface area contributed by atoms with Crippen LogP contribution in [0.15, 0.2) is 47.1 Å². The van der Waals surface area contributed by atoms with Crippen LogP contribution in [0.3, 0.4) is 0 Å². The molecule has 0 atom stereocenters. The van der Waals surface area contributed by atoms with Crippen LogP contribution in [0, 0.1) is 0 Å². The molecule has 0 radical (unpaired) electrons. The Kier molecular flexibility index (Phi) is 5.68. The lowest BCUT2D eigenvalue weighted by Gasteiger charge is -2.26. The number of benzene rings is 1. The third kappa shape index (κ3) is 4.45. The molecule has 7 heteroatoms. The maximum absolute atomic E-state index is 12.6. The molecule has 1 fully saturated rings. The Morgan fingerprint density at radius 2 is 1.75 bits per heavy atom. The molecule has 1 aromatic heterocycles. The van der Waals surface area contributed by atoms with Crippen LogP contribution in [0.5, 0.6) is 0 Å². The van der Waals surface area contributed by atoms with Crippen molar-refractivity contribution in [3.63, 3.8) is 0 Å². The van der Waals surface area contributed by atoms with Crippen LogP contribution in [-0.2, 0) is 33.6 Å². The Bertz CT molecular complexity index is 738. The van der Waals surface area contributed by atoms with Gasteiger partial charge in [-0.05, 0) is 23.3 Å². The molecule has 1 N–H and O–H groups in total. The van der Waals surface area contributed by atoms with Crippen LogP contribution in [0.2, 0.25) is 0 Å². The molecule has 1 saturated heterocycles. The number of sulfonamides is 1. The summed E-state index contributed by atoms with van der Waals surface area (Å²) in [5.74, 6) is 0.874. The van der Waals surface area contributed by atoms with E-state index in [9.17, 15) is 8.42 Å². The van der Waals surface area contributed by atoms with E-state index >= 15 is 0 Å². The normalized spacial score (nSPS) is 16.3. The SMILES string of the molecule is O=S(=O)(Cc1ccccc1CNCc1ccco1)N1CCOCC1. The van der Waals surface area contributed by atoms with Crippen LogP contribution < -0.4 is 5.32 Å². The van der Waals surface area contributed by atoms with Crippen LogP contribution in [0.25, 0.3) is 0 Å². The van der Waals surface area contributed by atoms with Gasteiger partial charge < -0.3 is 14.5 Å². The van der Waals surface area contributed by atoms with Gasteiger partial charge in [-0.25, -0.2) is 8.42 Å². The van der Waals surface area contributed by atoms with E-state index in [-0.39, 0.29) is 5.75 Å². The minimum absolute atomic E-state index is 0.0194. The smallest absolute Gasteiger partial charge is 0.218 e. The molecule has 0 saturated carbocycles. The maximum atomic E-state index is 12.6. The number of hydrogen-bond donors (Lipinski definition) is 1. The fourth-order valence-electron chi connectivity index (χ4n) is 2.72. The van der Waals surface area contributed by atoms with Crippen LogP contribution in [-0.4, -0.2) is 39.0 Å². The lowest BCUT2D eigenvalue weighted by molar-refractivity contribution is 0.0729. The number of ether oxygens (including phenoxy) is 1. The molecule has 1 aliphatic rings. The second-order valence-electron chi connectivity index (χ2n) is 5.72. The van der Waals surface area contributed by atoms with Crippen molar-refractivity contribution >= 4 is 10.0 Å². The second-order valence-corrected chi connectivity index (χ2v) is 7.69. The van der Waals surface area contributed by atoms with Gasteiger partial charge in [0.1, 0.15) is 5.76 Å². The summed E-state index contributed by atoms with van der Waals surface area (Å²) >= 11 is 0. The third-order valence-electron chi connectivity index (χ3n) is 4.01. The molecule has 2 heterocycles. The van der Waals surface area contributed by atoms with Crippen molar-refractivity contribution in [3.8, 4) is 0 Å². The molecular weight excluding hydrogens is 328 g/mol. The molecule has 130 valence electrons. The van der Waals surface area contributed by atoms with Gasteiger partial charge in [-0.2, -0.15) is 4.31 Å². The maximum Gasteiger partial charge on any atom is 0.218 e. The first kappa shape index (κ1) is 17.2. The largest absolute Gasteiger partial charge is 0.468 e. The summed E-state index contributed by atoms with van der Waals surface area (Å²) in [6.07, 6.45) is 1.64. The predicted octanol–water partition coefficient (Wildman–Crippen LogP) is 1.73. The molecule has 0 amide bonds. The summed E-state index contributed by atoms with van der Waals surface area (Å²) in [7, 11) is -3.32. The average molecular weight is 350 g/mol. The van der Waals surface area contributed by atoms with E-state index in [4.69, 9.17) is 9.15 Å². The summed E-state index contributed by atoms with van der Waals surface area (Å²) in [4.78, 5) is 0. The van der Waals surface area contributed by atoms with Crippen molar-refractivity contribution in [2.45, 2.75) is 18.8 Å². The van der Waals surface area contributed by atoms with Gasteiger partial charge in [-0.15, -0.1) is 0 Å². The Balaban J connectivity index is 1.64. The number of hydrogen-bond acceptors (Lipinski definition) is 5. The van der Waals surface area contributed by atoms with Crippen LogP contribution >= 0.6 is 0 Å². The van der Waals surface area contributed by atoms with E-state index in [1.165, 1.54) is 4.31 Å². The van der Waals surface area contributed by atoms with Crippen molar-refractivity contribution in [3.05, 3.63) is 59.5 Å². The van der Waals surface area contributed by atoms with Crippen molar-refractivity contribution < 1.29 is 17.6 Å². The van der Waals surface area contributed by atoms with Crippen LogP contribution in [0.1, 0.15) is 16.9 Å². The highest BCUT2D eigenvalue weighted by Crippen LogP contribution is 2.16. The lowest BCUT2D eigenvalue weighted by Crippen LogP contribution is -2.41. The van der Waals surface area contributed by atoms with Gasteiger partial charge in [0.15, 0.2) is 0 Å². The summed E-state index contributed by atoms with van der Waals surface area (Å²) < 4.78 is 37.2. The van der Waals surface area contributed by atoms with Crippen molar-refractivity contribution in [2.75, 3.05) is 26.3 Å². The molecule has 0 bridgehead atoms. The number of nitrogens with zero attached hydrogens (tertiary/aromatic N) is 1. The van der Waals surface area contributed by atoms with Gasteiger partial charge in [-0.1, -0.05) is 24.3 Å². The van der Waals surface area contributed by atoms with Gasteiger partial charge in [-0.3, -0.25) is 0 Å². The van der Waals surface area contributed by atoms with E-state index in [1.54, 1.807) is 6.26 Å². The van der Waals surface area contributed by atoms with E-state index in [2.05, 4.69) is 5.32 Å². The second kappa shape index (κ2) is 7.94. The minimum Gasteiger partial charge on any atom is -0.468 e. The standard InChI is InChI=1S/C17H22N2O4S/c20-24(21,19-7-10-22-11-8-19)14-16-5-2-1-4-15(16)12-18-13-17-6-3-9-23-17/h1-6,9,18H,7-8,10-14H2. The first-order chi connectivity index (χ1) is 11.6. The molecule has 24 heavy (non-hydrogen) atoms. The predicted molar refractivity (Wildman–Crippen MR) is 90.7 cm³/mol. The van der Waals surface area contributed by atoms with Crippen molar-refractivity contribution in [1.29, 1.82) is 0 Å². The van der Waals surface area contributed by atoms with Gasteiger partial charge in [0.2, 0.25) is 10.0 Å². The molecule has 6 nitrogen and oxygen atoms in total. The molecule has 1 aromatic carbocycles. The molecule has 1 aliphatic heterocycles. The fourth-order valence-corrected chi connectivity index (χ4v) is 4.28.